The van der Waals surface area contributed by atoms with Gasteiger partial charge in [-0.05, 0) is 38.3 Å². The summed E-state index contributed by atoms with van der Waals surface area (Å²) in [5.74, 6) is 0.732. The van der Waals surface area contributed by atoms with E-state index in [1.807, 2.05) is 0 Å². The predicted octanol–water partition coefficient (Wildman–Crippen LogP) is 0.629. The van der Waals surface area contributed by atoms with Crippen molar-refractivity contribution in [3.05, 3.63) is 0 Å². The molecule has 16 heavy (non-hydrogen) atoms. The summed E-state index contributed by atoms with van der Waals surface area (Å²) in [7, 11) is 1.73. The van der Waals surface area contributed by atoms with Crippen LogP contribution >= 0.6 is 0 Å². The van der Waals surface area contributed by atoms with Gasteiger partial charge in [-0.2, -0.15) is 0 Å². The minimum Gasteiger partial charge on any atom is -0.383 e. The normalized spacial score (nSPS) is 21.2. The molecule has 4 nitrogen and oxygen atoms in total. The van der Waals surface area contributed by atoms with Crippen molar-refractivity contribution >= 4 is 0 Å². The second-order valence-corrected chi connectivity index (χ2v) is 4.38. The van der Waals surface area contributed by atoms with Crippen LogP contribution < -0.4 is 10.6 Å². The smallest absolute Gasteiger partial charge is 0.0587 e. The van der Waals surface area contributed by atoms with Crippen molar-refractivity contribution in [2.45, 2.75) is 19.3 Å². The summed E-state index contributed by atoms with van der Waals surface area (Å²) in [6, 6.07) is 0. The van der Waals surface area contributed by atoms with Crippen LogP contribution in [0.25, 0.3) is 0 Å². The molecule has 1 aliphatic heterocycles. The number of methoxy groups -OCH3 is 1. The Morgan fingerprint density at radius 2 is 2.12 bits per heavy atom. The molecule has 1 aliphatic rings. The van der Waals surface area contributed by atoms with Crippen LogP contribution in [0.1, 0.15) is 19.3 Å². The molecule has 0 saturated carbocycles. The molecule has 1 rings (SSSR count). The van der Waals surface area contributed by atoms with Gasteiger partial charge in [-0.25, -0.2) is 0 Å². The highest BCUT2D eigenvalue weighted by atomic mass is 16.5. The summed E-state index contributed by atoms with van der Waals surface area (Å²) in [6.07, 6.45) is 3.72. The molecule has 1 heterocycles. The van der Waals surface area contributed by atoms with E-state index in [1.54, 1.807) is 7.11 Å². The molecule has 96 valence electrons. The van der Waals surface area contributed by atoms with E-state index in [1.165, 1.54) is 19.3 Å². The van der Waals surface area contributed by atoms with Crippen LogP contribution in [0.15, 0.2) is 0 Å². The SMILES string of the molecule is COCCNCCCNCC1CCCOC1. The van der Waals surface area contributed by atoms with E-state index in [4.69, 9.17) is 9.47 Å². The Morgan fingerprint density at radius 3 is 2.88 bits per heavy atom. The quantitative estimate of drug-likeness (QED) is 0.570. The van der Waals surface area contributed by atoms with Gasteiger partial charge in [0.05, 0.1) is 13.2 Å². The lowest BCUT2D eigenvalue weighted by atomic mass is 10.0. The Bertz CT molecular complexity index is 150. The molecule has 1 saturated heterocycles. The van der Waals surface area contributed by atoms with Crippen molar-refractivity contribution in [2.75, 3.05) is 53.1 Å². The Morgan fingerprint density at radius 1 is 1.25 bits per heavy atom. The van der Waals surface area contributed by atoms with Gasteiger partial charge in [-0.1, -0.05) is 0 Å². The largest absolute Gasteiger partial charge is 0.383 e. The molecule has 0 aromatic heterocycles. The molecular weight excluding hydrogens is 204 g/mol. The maximum absolute atomic E-state index is 5.44. The molecule has 1 fully saturated rings. The summed E-state index contributed by atoms with van der Waals surface area (Å²) in [6.45, 7) is 6.92. The van der Waals surface area contributed by atoms with Crippen LogP contribution in [-0.2, 0) is 9.47 Å². The topological polar surface area (TPSA) is 42.5 Å². The Kier molecular flexibility index (Phi) is 8.71. The molecule has 0 aromatic carbocycles. The highest BCUT2D eigenvalue weighted by Gasteiger charge is 2.12. The summed E-state index contributed by atoms with van der Waals surface area (Å²) in [5.41, 5.74) is 0. The monoisotopic (exact) mass is 230 g/mol. The first-order chi connectivity index (χ1) is 7.93. The van der Waals surface area contributed by atoms with Crippen LogP contribution in [0.3, 0.4) is 0 Å². The second-order valence-electron chi connectivity index (χ2n) is 4.38. The Hall–Kier alpha value is -0.160. The van der Waals surface area contributed by atoms with Crippen LogP contribution in [-0.4, -0.2) is 53.1 Å². The number of nitrogens with one attached hydrogen (secondary N) is 2. The van der Waals surface area contributed by atoms with Gasteiger partial charge in [-0.15, -0.1) is 0 Å². The first-order valence-electron chi connectivity index (χ1n) is 6.41. The third kappa shape index (κ3) is 7.17. The molecule has 0 aliphatic carbocycles. The maximum atomic E-state index is 5.44. The molecule has 1 unspecified atom stereocenters. The third-order valence-electron chi connectivity index (χ3n) is 2.88. The van der Waals surface area contributed by atoms with Gasteiger partial charge in [0.1, 0.15) is 0 Å². The average Bonchev–Trinajstić information content (AvgIpc) is 2.34. The molecule has 0 amide bonds. The molecule has 4 heteroatoms. The summed E-state index contributed by atoms with van der Waals surface area (Å²) in [5, 5.41) is 6.83. The first kappa shape index (κ1) is 13.9. The van der Waals surface area contributed by atoms with E-state index >= 15 is 0 Å². The van der Waals surface area contributed by atoms with E-state index < -0.39 is 0 Å². The highest BCUT2D eigenvalue weighted by molar-refractivity contribution is 4.65. The molecule has 1 atom stereocenters. The van der Waals surface area contributed by atoms with Crippen molar-refractivity contribution in [2.24, 2.45) is 5.92 Å². The summed E-state index contributed by atoms with van der Waals surface area (Å²) >= 11 is 0. The van der Waals surface area contributed by atoms with Crippen molar-refractivity contribution in [1.29, 1.82) is 0 Å². The van der Waals surface area contributed by atoms with Crippen LogP contribution in [0.5, 0.6) is 0 Å². The minimum atomic E-state index is 0.732. The average molecular weight is 230 g/mol. The lowest BCUT2D eigenvalue weighted by Gasteiger charge is -2.22. The number of rotatable bonds is 9. The molecule has 2 N–H and O–H groups in total. The first-order valence-corrected chi connectivity index (χ1v) is 6.41. The van der Waals surface area contributed by atoms with Crippen molar-refractivity contribution in [1.82, 2.24) is 10.6 Å². The Balaban J connectivity index is 1.77. The van der Waals surface area contributed by atoms with Crippen molar-refractivity contribution in [3.8, 4) is 0 Å². The zero-order chi connectivity index (χ0) is 11.5. The fourth-order valence-corrected chi connectivity index (χ4v) is 1.91. The van der Waals surface area contributed by atoms with Crippen LogP contribution in [0.4, 0.5) is 0 Å². The molecule has 0 spiro atoms. The number of hydrogen-bond acceptors (Lipinski definition) is 4. The van der Waals surface area contributed by atoms with Gasteiger partial charge < -0.3 is 20.1 Å². The van der Waals surface area contributed by atoms with Gasteiger partial charge in [0.15, 0.2) is 0 Å². The number of hydrogen-bond donors (Lipinski definition) is 2. The zero-order valence-electron chi connectivity index (χ0n) is 10.5. The van der Waals surface area contributed by atoms with Crippen molar-refractivity contribution < 1.29 is 9.47 Å². The van der Waals surface area contributed by atoms with E-state index in [2.05, 4.69) is 10.6 Å². The van der Waals surface area contributed by atoms with E-state index in [-0.39, 0.29) is 0 Å². The number of ether oxygens (including phenoxy) is 2. The fraction of sp³-hybridized carbons (Fsp3) is 1.00. The van der Waals surface area contributed by atoms with Gasteiger partial charge in [0.25, 0.3) is 0 Å². The van der Waals surface area contributed by atoms with E-state index in [0.29, 0.717) is 0 Å². The lowest BCUT2D eigenvalue weighted by Crippen LogP contribution is -2.31. The third-order valence-corrected chi connectivity index (χ3v) is 2.88. The van der Waals surface area contributed by atoms with Crippen LogP contribution in [0, 0.1) is 5.92 Å². The van der Waals surface area contributed by atoms with Gasteiger partial charge in [0.2, 0.25) is 0 Å². The molecular formula is C12H26N2O2. The summed E-state index contributed by atoms with van der Waals surface area (Å²) in [4.78, 5) is 0. The van der Waals surface area contributed by atoms with Gasteiger partial charge in [-0.3, -0.25) is 0 Å². The zero-order valence-corrected chi connectivity index (χ0v) is 10.5. The Labute approximate surface area is 99.1 Å². The van der Waals surface area contributed by atoms with Crippen molar-refractivity contribution in [3.63, 3.8) is 0 Å². The van der Waals surface area contributed by atoms with Gasteiger partial charge >= 0.3 is 0 Å². The molecule has 0 bridgehead atoms. The van der Waals surface area contributed by atoms with Gasteiger partial charge in [0, 0.05) is 26.8 Å². The van der Waals surface area contributed by atoms with E-state index in [9.17, 15) is 0 Å². The summed E-state index contributed by atoms with van der Waals surface area (Å²) < 4.78 is 10.4. The fourth-order valence-electron chi connectivity index (χ4n) is 1.91. The van der Waals surface area contributed by atoms with Crippen LogP contribution in [0.2, 0.25) is 0 Å². The standard InChI is InChI=1S/C12H26N2O2/c1-15-9-7-13-5-3-6-14-10-12-4-2-8-16-11-12/h12-14H,2-11H2,1H3. The molecule has 0 radical (unpaired) electrons. The highest BCUT2D eigenvalue weighted by Crippen LogP contribution is 2.11. The predicted molar refractivity (Wildman–Crippen MR) is 65.8 cm³/mol. The minimum absolute atomic E-state index is 0.732. The molecule has 0 aromatic rings. The lowest BCUT2D eigenvalue weighted by molar-refractivity contribution is 0.0549. The maximum Gasteiger partial charge on any atom is 0.0587 e. The van der Waals surface area contributed by atoms with E-state index in [0.717, 1.165) is 51.9 Å². The second kappa shape index (κ2) is 10.0.